The average Bonchev–Trinajstić information content (AvgIpc) is 2.28. The van der Waals surface area contributed by atoms with Crippen LogP contribution in [-0.2, 0) is 9.84 Å². The van der Waals surface area contributed by atoms with Gasteiger partial charge in [-0.05, 0) is 24.7 Å². The number of rotatable bonds is 7. The summed E-state index contributed by atoms with van der Waals surface area (Å²) in [6.07, 6.45) is 6.69. The van der Waals surface area contributed by atoms with Gasteiger partial charge in [0.1, 0.15) is 9.84 Å². The summed E-state index contributed by atoms with van der Waals surface area (Å²) in [5.74, 6) is 0.724. The molecule has 1 fully saturated rings. The standard InChI is InChI=1S/C14H29NO2S/c1-4-5-6-9-14(2,3)12-15-13-7-10-18(16,17)11-8-13/h13,15H,4-12H2,1-3H3. The number of hydrogen-bond acceptors (Lipinski definition) is 3. The van der Waals surface area contributed by atoms with Gasteiger partial charge in [-0.25, -0.2) is 8.42 Å². The molecule has 0 bridgehead atoms. The predicted octanol–water partition coefficient (Wildman–Crippen LogP) is 2.76. The second kappa shape index (κ2) is 6.90. The van der Waals surface area contributed by atoms with E-state index in [9.17, 15) is 8.42 Å². The lowest BCUT2D eigenvalue weighted by Gasteiger charge is -2.30. The molecule has 18 heavy (non-hydrogen) atoms. The highest BCUT2D eigenvalue weighted by Crippen LogP contribution is 2.23. The molecule has 0 unspecified atom stereocenters. The minimum absolute atomic E-state index is 0.325. The van der Waals surface area contributed by atoms with Crippen LogP contribution in [0.3, 0.4) is 0 Å². The van der Waals surface area contributed by atoms with E-state index in [1.165, 1.54) is 25.7 Å². The van der Waals surface area contributed by atoms with Crippen LogP contribution in [0.4, 0.5) is 0 Å². The molecular formula is C14H29NO2S. The monoisotopic (exact) mass is 275 g/mol. The second-order valence-electron chi connectivity index (χ2n) is 6.43. The molecule has 1 heterocycles. The summed E-state index contributed by atoms with van der Waals surface area (Å²) in [5, 5.41) is 3.56. The van der Waals surface area contributed by atoms with Crippen LogP contribution in [0.2, 0.25) is 0 Å². The van der Waals surface area contributed by atoms with Crippen LogP contribution < -0.4 is 5.32 Å². The average molecular weight is 275 g/mol. The lowest BCUT2D eigenvalue weighted by atomic mass is 9.86. The Balaban J connectivity index is 2.23. The molecule has 0 spiro atoms. The Morgan fingerprint density at radius 2 is 1.78 bits per heavy atom. The van der Waals surface area contributed by atoms with Crippen molar-refractivity contribution in [2.45, 2.75) is 65.3 Å². The predicted molar refractivity (Wildman–Crippen MR) is 77.6 cm³/mol. The SMILES string of the molecule is CCCCCC(C)(C)CNC1CCS(=O)(=O)CC1. The lowest BCUT2D eigenvalue weighted by molar-refractivity contribution is 0.281. The van der Waals surface area contributed by atoms with E-state index in [4.69, 9.17) is 0 Å². The Morgan fingerprint density at radius 3 is 2.33 bits per heavy atom. The molecule has 1 aliphatic rings. The minimum atomic E-state index is -2.73. The maximum atomic E-state index is 11.3. The summed E-state index contributed by atoms with van der Waals surface area (Å²) in [7, 11) is -2.73. The maximum Gasteiger partial charge on any atom is 0.150 e. The van der Waals surface area contributed by atoms with Crippen molar-refractivity contribution in [2.24, 2.45) is 5.41 Å². The fourth-order valence-electron chi connectivity index (χ4n) is 2.46. The largest absolute Gasteiger partial charge is 0.313 e. The molecule has 1 N–H and O–H groups in total. The summed E-state index contributed by atoms with van der Waals surface area (Å²) in [5.41, 5.74) is 0.325. The number of nitrogens with one attached hydrogen (secondary N) is 1. The third-order valence-electron chi connectivity index (χ3n) is 3.88. The Bertz CT molecular complexity index is 322. The van der Waals surface area contributed by atoms with Crippen molar-refractivity contribution in [3.8, 4) is 0 Å². The van der Waals surface area contributed by atoms with Gasteiger partial charge in [-0.15, -0.1) is 0 Å². The summed E-state index contributed by atoms with van der Waals surface area (Å²) >= 11 is 0. The van der Waals surface area contributed by atoms with E-state index in [0.29, 0.717) is 23.0 Å². The van der Waals surface area contributed by atoms with Gasteiger partial charge in [0.15, 0.2) is 0 Å². The Morgan fingerprint density at radius 1 is 1.17 bits per heavy atom. The van der Waals surface area contributed by atoms with Crippen LogP contribution in [-0.4, -0.2) is 32.5 Å². The van der Waals surface area contributed by atoms with Gasteiger partial charge in [0.05, 0.1) is 11.5 Å². The molecule has 0 saturated carbocycles. The highest BCUT2D eigenvalue weighted by atomic mass is 32.2. The Hall–Kier alpha value is -0.0900. The van der Waals surface area contributed by atoms with E-state index in [2.05, 4.69) is 26.1 Å². The normalized spacial score (nSPS) is 21.1. The van der Waals surface area contributed by atoms with Crippen LogP contribution >= 0.6 is 0 Å². The molecule has 4 heteroatoms. The Labute approximate surface area is 113 Å². The van der Waals surface area contributed by atoms with Crippen molar-refractivity contribution < 1.29 is 8.42 Å². The zero-order valence-electron chi connectivity index (χ0n) is 12.2. The van der Waals surface area contributed by atoms with Gasteiger partial charge in [-0.2, -0.15) is 0 Å². The van der Waals surface area contributed by atoms with Crippen LogP contribution in [0.15, 0.2) is 0 Å². The fraction of sp³-hybridized carbons (Fsp3) is 1.00. The first-order valence-corrected chi connectivity index (χ1v) is 9.10. The molecule has 0 aromatic carbocycles. The van der Waals surface area contributed by atoms with Crippen molar-refractivity contribution in [1.82, 2.24) is 5.32 Å². The minimum Gasteiger partial charge on any atom is -0.313 e. The highest BCUT2D eigenvalue weighted by Gasteiger charge is 2.25. The molecule has 3 nitrogen and oxygen atoms in total. The quantitative estimate of drug-likeness (QED) is 0.727. The summed E-state index contributed by atoms with van der Waals surface area (Å²) in [6, 6.07) is 0.402. The summed E-state index contributed by atoms with van der Waals surface area (Å²) in [6.45, 7) is 7.83. The highest BCUT2D eigenvalue weighted by molar-refractivity contribution is 7.91. The number of sulfone groups is 1. The van der Waals surface area contributed by atoms with Crippen molar-refractivity contribution in [3.63, 3.8) is 0 Å². The van der Waals surface area contributed by atoms with E-state index < -0.39 is 9.84 Å². The molecule has 1 aliphatic heterocycles. The maximum absolute atomic E-state index is 11.3. The molecular weight excluding hydrogens is 246 g/mol. The molecule has 1 saturated heterocycles. The van der Waals surface area contributed by atoms with Gasteiger partial charge < -0.3 is 5.32 Å². The number of hydrogen-bond donors (Lipinski definition) is 1. The molecule has 0 aromatic rings. The second-order valence-corrected chi connectivity index (χ2v) is 8.73. The first-order chi connectivity index (χ1) is 8.35. The van der Waals surface area contributed by atoms with Gasteiger partial charge in [-0.1, -0.05) is 40.0 Å². The van der Waals surface area contributed by atoms with E-state index >= 15 is 0 Å². The van der Waals surface area contributed by atoms with Gasteiger partial charge in [0.2, 0.25) is 0 Å². The van der Waals surface area contributed by atoms with Crippen LogP contribution in [0.5, 0.6) is 0 Å². The van der Waals surface area contributed by atoms with Gasteiger partial charge in [-0.3, -0.25) is 0 Å². The van der Waals surface area contributed by atoms with E-state index in [-0.39, 0.29) is 0 Å². The van der Waals surface area contributed by atoms with Crippen molar-refractivity contribution >= 4 is 9.84 Å². The van der Waals surface area contributed by atoms with Crippen LogP contribution in [0.25, 0.3) is 0 Å². The Kier molecular flexibility index (Phi) is 6.12. The summed E-state index contributed by atoms with van der Waals surface area (Å²) in [4.78, 5) is 0. The molecule has 0 aromatic heterocycles. The van der Waals surface area contributed by atoms with Gasteiger partial charge >= 0.3 is 0 Å². The smallest absolute Gasteiger partial charge is 0.150 e. The fourth-order valence-corrected chi connectivity index (χ4v) is 3.95. The van der Waals surface area contributed by atoms with E-state index in [1.54, 1.807) is 0 Å². The van der Waals surface area contributed by atoms with Crippen molar-refractivity contribution in [1.29, 1.82) is 0 Å². The van der Waals surface area contributed by atoms with Gasteiger partial charge in [0, 0.05) is 12.6 Å². The summed E-state index contributed by atoms with van der Waals surface area (Å²) < 4.78 is 22.7. The molecule has 0 atom stereocenters. The molecule has 0 aliphatic carbocycles. The van der Waals surface area contributed by atoms with Crippen LogP contribution in [0.1, 0.15) is 59.3 Å². The van der Waals surface area contributed by atoms with Crippen molar-refractivity contribution in [3.05, 3.63) is 0 Å². The van der Waals surface area contributed by atoms with Crippen molar-refractivity contribution in [2.75, 3.05) is 18.1 Å². The number of unbranched alkanes of at least 4 members (excludes halogenated alkanes) is 2. The zero-order valence-corrected chi connectivity index (χ0v) is 13.0. The molecule has 1 rings (SSSR count). The van der Waals surface area contributed by atoms with Crippen LogP contribution in [0, 0.1) is 5.41 Å². The molecule has 0 amide bonds. The molecule has 0 radical (unpaired) electrons. The zero-order chi connectivity index (χ0) is 13.6. The lowest BCUT2D eigenvalue weighted by Crippen LogP contribution is -2.41. The first kappa shape index (κ1) is 16.0. The first-order valence-electron chi connectivity index (χ1n) is 7.28. The van der Waals surface area contributed by atoms with Gasteiger partial charge in [0.25, 0.3) is 0 Å². The van der Waals surface area contributed by atoms with E-state index in [1.807, 2.05) is 0 Å². The molecule has 108 valence electrons. The third-order valence-corrected chi connectivity index (χ3v) is 5.60. The topological polar surface area (TPSA) is 46.2 Å². The third kappa shape index (κ3) is 6.19. The van der Waals surface area contributed by atoms with E-state index in [0.717, 1.165) is 19.4 Å².